The molecular weight excluding hydrogens is 474 g/mol. The first kappa shape index (κ1) is 25.8. The highest BCUT2D eigenvalue weighted by Gasteiger charge is 2.37. The average molecular weight is 504 g/mol. The second kappa shape index (κ2) is 9.64. The molecule has 2 atom stereocenters. The number of nitrogens with one attached hydrogen (secondary N) is 2. The number of likely N-dealkylation sites (N-methyl/N-ethyl adjacent to an activating group) is 1. The molecule has 0 radical (unpaired) electrons. The molecule has 0 saturated carbocycles. The Morgan fingerprint density at radius 1 is 1.25 bits per heavy atom. The summed E-state index contributed by atoms with van der Waals surface area (Å²) >= 11 is 0. The lowest BCUT2D eigenvalue weighted by molar-refractivity contribution is -0.137. The van der Waals surface area contributed by atoms with Crippen molar-refractivity contribution in [2.24, 2.45) is 12.8 Å². The molecule has 1 aromatic carbocycles. The van der Waals surface area contributed by atoms with Gasteiger partial charge in [0.15, 0.2) is 0 Å². The van der Waals surface area contributed by atoms with E-state index < -0.39 is 29.1 Å². The van der Waals surface area contributed by atoms with Crippen molar-refractivity contribution in [2.75, 3.05) is 33.0 Å². The Kier molecular flexibility index (Phi) is 6.91. The minimum atomic E-state index is -4.70. The highest BCUT2D eigenvalue weighted by atomic mass is 19.4. The fourth-order valence-corrected chi connectivity index (χ4v) is 4.40. The molecule has 4 rings (SSSR count). The van der Waals surface area contributed by atoms with Crippen LogP contribution in [0, 0.1) is 5.82 Å². The molecule has 11 heteroatoms. The van der Waals surface area contributed by atoms with Gasteiger partial charge in [-0.05, 0) is 64.5 Å². The third-order valence-electron chi connectivity index (χ3n) is 6.51. The molecule has 7 nitrogen and oxygen atoms in total. The summed E-state index contributed by atoms with van der Waals surface area (Å²) in [7, 11) is 7.48. The molecule has 0 bridgehead atoms. The SMILES string of the molecule is CNC1(CCN(C)C)C=CC(Nc2ncc(C(F)(F)F)c(-c3cn(C)c4ccc(F)cc34)n2)=CC1N. The van der Waals surface area contributed by atoms with Crippen LogP contribution in [0.15, 0.2) is 54.5 Å². The lowest BCUT2D eigenvalue weighted by Crippen LogP contribution is -2.57. The van der Waals surface area contributed by atoms with E-state index in [-0.39, 0.29) is 17.2 Å². The highest BCUT2D eigenvalue weighted by molar-refractivity contribution is 5.96. The van der Waals surface area contributed by atoms with Crippen molar-refractivity contribution in [3.8, 4) is 11.3 Å². The zero-order chi connectivity index (χ0) is 26.3. The van der Waals surface area contributed by atoms with Gasteiger partial charge in [0.05, 0.1) is 11.2 Å². The molecule has 2 aromatic heterocycles. The van der Waals surface area contributed by atoms with E-state index in [4.69, 9.17) is 5.73 Å². The third kappa shape index (κ3) is 4.99. The number of fused-ring (bicyclic) bond motifs is 1. The molecule has 192 valence electrons. The summed E-state index contributed by atoms with van der Waals surface area (Å²) in [5, 5.41) is 6.59. The maximum atomic E-state index is 14.0. The summed E-state index contributed by atoms with van der Waals surface area (Å²) in [6, 6.07) is 3.59. The van der Waals surface area contributed by atoms with E-state index in [1.54, 1.807) is 17.7 Å². The largest absolute Gasteiger partial charge is 0.419 e. The van der Waals surface area contributed by atoms with Gasteiger partial charge in [-0.1, -0.05) is 6.08 Å². The topological polar surface area (TPSA) is 84.0 Å². The van der Waals surface area contributed by atoms with Crippen LogP contribution in [-0.4, -0.2) is 58.7 Å². The summed E-state index contributed by atoms with van der Waals surface area (Å²) in [6.45, 7) is 0.812. The fourth-order valence-electron chi connectivity index (χ4n) is 4.40. The van der Waals surface area contributed by atoms with E-state index >= 15 is 0 Å². The maximum absolute atomic E-state index is 14.0. The molecular formula is C25H29F4N7. The van der Waals surface area contributed by atoms with Gasteiger partial charge in [0.25, 0.3) is 0 Å². The lowest BCUT2D eigenvalue weighted by Gasteiger charge is -2.38. The molecule has 36 heavy (non-hydrogen) atoms. The lowest BCUT2D eigenvalue weighted by atomic mass is 9.83. The standard InChI is InChI=1S/C25H29F4N7/c1-31-24(9-10-35(2)3)8-7-16(12-21(24)30)33-23-32-13-19(25(27,28)29)22(34-23)18-14-36(4)20-6-5-15(26)11-17(18)20/h5-8,11-14,21,31H,9-10,30H2,1-4H3,(H,32,33,34). The number of halogens is 4. The maximum Gasteiger partial charge on any atom is 0.419 e. The van der Waals surface area contributed by atoms with Crippen molar-refractivity contribution in [1.29, 1.82) is 0 Å². The fraction of sp³-hybridized carbons (Fsp3) is 0.360. The number of benzene rings is 1. The van der Waals surface area contributed by atoms with Crippen molar-refractivity contribution in [3.05, 3.63) is 65.9 Å². The van der Waals surface area contributed by atoms with Crippen LogP contribution >= 0.6 is 0 Å². The van der Waals surface area contributed by atoms with Gasteiger partial charge in [-0.2, -0.15) is 13.2 Å². The molecule has 0 spiro atoms. The first-order valence-corrected chi connectivity index (χ1v) is 11.4. The van der Waals surface area contributed by atoms with Gasteiger partial charge in [0.1, 0.15) is 11.4 Å². The predicted octanol–water partition coefficient (Wildman–Crippen LogP) is 3.90. The van der Waals surface area contributed by atoms with E-state index in [1.165, 1.54) is 24.4 Å². The molecule has 4 N–H and O–H groups in total. The van der Waals surface area contributed by atoms with E-state index in [0.29, 0.717) is 16.6 Å². The zero-order valence-electron chi connectivity index (χ0n) is 20.5. The van der Waals surface area contributed by atoms with Crippen molar-refractivity contribution >= 4 is 16.9 Å². The van der Waals surface area contributed by atoms with Crippen LogP contribution < -0.4 is 16.4 Å². The van der Waals surface area contributed by atoms with Crippen LogP contribution in [0.4, 0.5) is 23.5 Å². The molecule has 2 heterocycles. The van der Waals surface area contributed by atoms with Crippen LogP contribution in [0.5, 0.6) is 0 Å². The second-order valence-corrected chi connectivity index (χ2v) is 9.22. The van der Waals surface area contributed by atoms with Crippen molar-refractivity contribution in [2.45, 2.75) is 24.2 Å². The number of aromatic nitrogens is 3. The summed E-state index contributed by atoms with van der Waals surface area (Å²) in [5.74, 6) is -0.579. The molecule has 0 aliphatic heterocycles. The average Bonchev–Trinajstić information content (AvgIpc) is 3.13. The summed E-state index contributed by atoms with van der Waals surface area (Å²) in [4.78, 5) is 10.2. The number of hydrogen-bond donors (Lipinski definition) is 3. The Bertz CT molecular complexity index is 1330. The Labute approximate surface area is 206 Å². The smallest absolute Gasteiger partial charge is 0.350 e. The Morgan fingerprint density at radius 2 is 2.00 bits per heavy atom. The summed E-state index contributed by atoms with van der Waals surface area (Å²) in [6.07, 6.45) is 3.86. The highest BCUT2D eigenvalue weighted by Crippen LogP contribution is 2.39. The van der Waals surface area contributed by atoms with E-state index in [9.17, 15) is 17.6 Å². The van der Waals surface area contributed by atoms with E-state index in [2.05, 4.69) is 25.5 Å². The number of nitrogens with zero attached hydrogens (tertiary/aromatic N) is 4. The van der Waals surface area contributed by atoms with Gasteiger partial charge in [-0.25, -0.2) is 14.4 Å². The van der Waals surface area contributed by atoms with Crippen molar-refractivity contribution in [1.82, 2.24) is 24.8 Å². The molecule has 0 saturated heterocycles. The van der Waals surface area contributed by atoms with Crippen LogP contribution in [0.3, 0.4) is 0 Å². The first-order valence-electron chi connectivity index (χ1n) is 11.4. The second-order valence-electron chi connectivity index (χ2n) is 9.22. The first-order chi connectivity index (χ1) is 16.9. The quantitative estimate of drug-likeness (QED) is 0.425. The number of aryl methyl sites for hydroxylation is 1. The van der Waals surface area contributed by atoms with E-state index in [0.717, 1.165) is 19.2 Å². The van der Waals surface area contributed by atoms with E-state index in [1.807, 2.05) is 33.3 Å². The van der Waals surface area contributed by atoms with Crippen molar-refractivity contribution in [3.63, 3.8) is 0 Å². The zero-order valence-corrected chi connectivity index (χ0v) is 20.5. The van der Waals surface area contributed by atoms with Crippen molar-refractivity contribution < 1.29 is 17.6 Å². The number of nitrogens with two attached hydrogens (primary N) is 1. The summed E-state index contributed by atoms with van der Waals surface area (Å²) < 4.78 is 57.3. The Hall–Kier alpha value is -3.28. The van der Waals surface area contributed by atoms with Crippen LogP contribution in [0.25, 0.3) is 22.2 Å². The summed E-state index contributed by atoms with van der Waals surface area (Å²) in [5.41, 5.74) is 5.96. The van der Waals surface area contributed by atoms with Gasteiger partial charge >= 0.3 is 6.18 Å². The molecule has 2 unspecified atom stereocenters. The molecule has 3 aromatic rings. The Morgan fingerprint density at radius 3 is 2.64 bits per heavy atom. The molecule has 0 amide bonds. The van der Waals surface area contributed by atoms with Gasteiger partial charge < -0.3 is 25.8 Å². The number of hydrogen-bond acceptors (Lipinski definition) is 6. The third-order valence-corrected chi connectivity index (χ3v) is 6.51. The van der Waals surface area contributed by atoms with Crippen LogP contribution in [0.1, 0.15) is 12.0 Å². The number of anilines is 1. The molecule has 1 aliphatic rings. The van der Waals surface area contributed by atoms with Crippen LogP contribution in [-0.2, 0) is 13.2 Å². The van der Waals surface area contributed by atoms with Gasteiger partial charge in [-0.15, -0.1) is 0 Å². The number of rotatable bonds is 7. The minimum absolute atomic E-state index is 0.0280. The number of allylic oxidation sites excluding steroid dienone is 1. The van der Waals surface area contributed by atoms with Gasteiger partial charge in [0, 0.05) is 47.6 Å². The van der Waals surface area contributed by atoms with Gasteiger partial charge in [-0.3, -0.25) is 0 Å². The van der Waals surface area contributed by atoms with Gasteiger partial charge in [0.2, 0.25) is 5.95 Å². The minimum Gasteiger partial charge on any atom is -0.350 e. The monoisotopic (exact) mass is 503 g/mol. The predicted molar refractivity (Wildman–Crippen MR) is 133 cm³/mol. The Balaban J connectivity index is 1.71. The molecule has 1 aliphatic carbocycles. The number of alkyl halides is 3. The normalized spacial score (nSPS) is 20.3. The molecule has 0 fully saturated rings. The van der Waals surface area contributed by atoms with Crippen LogP contribution in [0.2, 0.25) is 0 Å².